The summed E-state index contributed by atoms with van der Waals surface area (Å²) in [5, 5.41) is 7.24. The molecular weight excluding hydrogens is 520 g/mol. The van der Waals surface area contributed by atoms with Crippen LogP contribution in [-0.2, 0) is 16.0 Å². The average Bonchev–Trinajstić information content (AvgIpc) is 3.25. The van der Waals surface area contributed by atoms with Crippen LogP contribution in [0.15, 0.2) is 42.5 Å². The zero-order chi connectivity index (χ0) is 29.1. The summed E-state index contributed by atoms with van der Waals surface area (Å²) >= 11 is 0. The van der Waals surface area contributed by atoms with E-state index in [0.29, 0.717) is 49.9 Å². The van der Waals surface area contributed by atoms with E-state index in [1.165, 1.54) is 0 Å². The number of carbonyl (C=O) groups excluding carboxylic acids is 4. The summed E-state index contributed by atoms with van der Waals surface area (Å²) in [5.74, 6) is -0.415. The fourth-order valence-corrected chi connectivity index (χ4v) is 6.22. The molecule has 9 heteroatoms. The Hall–Kier alpha value is -4.14. The first-order valence-electron chi connectivity index (χ1n) is 14.4. The molecule has 2 aromatic carbocycles. The number of unbranched alkanes of at least 4 members (excludes halogenated alkanes) is 1. The lowest BCUT2D eigenvalue weighted by atomic mass is 9.80. The van der Waals surface area contributed by atoms with Crippen molar-refractivity contribution in [1.82, 2.24) is 9.88 Å². The van der Waals surface area contributed by atoms with Gasteiger partial charge in [-0.05, 0) is 67.7 Å². The molecule has 0 saturated heterocycles. The van der Waals surface area contributed by atoms with Gasteiger partial charge in [-0.3, -0.25) is 14.2 Å². The summed E-state index contributed by atoms with van der Waals surface area (Å²) in [6.45, 7) is 4.65. The number of para-hydroxylation sites is 1. The first-order chi connectivity index (χ1) is 19.7. The van der Waals surface area contributed by atoms with E-state index in [2.05, 4.69) is 24.5 Å². The highest BCUT2D eigenvalue weighted by Crippen LogP contribution is 2.43. The van der Waals surface area contributed by atoms with Crippen molar-refractivity contribution in [2.75, 3.05) is 11.9 Å². The maximum Gasteiger partial charge on any atom is 0.407 e. The van der Waals surface area contributed by atoms with Gasteiger partial charge in [0.1, 0.15) is 12.4 Å². The number of benzene rings is 2. The van der Waals surface area contributed by atoms with Crippen LogP contribution >= 0.6 is 0 Å². The van der Waals surface area contributed by atoms with Crippen molar-refractivity contribution in [3.63, 3.8) is 0 Å². The van der Waals surface area contributed by atoms with Crippen molar-refractivity contribution < 1.29 is 23.9 Å². The standard InChI is InChI=1S/C32H38N4O5/c1-32(2)18-27-29(24-7-3-4-8-26(24)36(27)28(38)19-32)20-9-14-23(30(33)39)25(17-20)35-21-10-12-22(13-11-21)41-31(40)34-15-5-6-16-37/h3-4,7-9,14,16-17,21-22,35H,5-6,10-13,15,18-19H2,1-2H3,(H2,33,39)(H,34,40)/t21-,22-. The molecule has 2 aliphatic rings. The van der Waals surface area contributed by atoms with E-state index in [1.54, 1.807) is 6.07 Å². The second kappa shape index (κ2) is 11.8. The molecular formula is C32H38N4O5. The Balaban J connectivity index is 1.37. The number of primary amides is 1. The van der Waals surface area contributed by atoms with E-state index in [9.17, 15) is 19.2 Å². The topological polar surface area (TPSA) is 133 Å². The van der Waals surface area contributed by atoms with Crippen molar-refractivity contribution in [2.24, 2.45) is 11.1 Å². The largest absolute Gasteiger partial charge is 0.446 e. The molecule has 216 valence electrons. The van der Waals surface area contributed by atoms with Crippen molar-refractivity contribution in [3.8, 4) is 11.1 Å². The van der Waals surface area contributed by atoms with Gasteiger partial charge in [-0.25, -0.2) is 4.79 Å². The molecule has 1 aliphatic heterocycles. The summed E-state index contributed by atoms with van der Waals surface area (Å²) < 4.78 is 7.41. The summed E-state index contributed by atoms with van der Waals surface area (Å²) in [4.78, 5) is 48.1. The van der Waals surface area contributed by atoms with Gasteiger partial charge in [0.15, 0.2) is 0 Å². The zero-order valence-corrected chi connectivity index (χ0v) is 23.7. The minimum absolute atomic E-state index is 0.0825. The van der Waals surface area contributed by atoms with Crippen LogP contribution in [0.3, 0.4) is 0 Å². The molecule has 0 atom stereocenters. The van der Waals surface area contributed by atoms with Crippen molar-refractivity contribution >= 4 is 40.8 Å². The highest BCUT2D eigenvalue weighted by Gasteiger charge is 2.35. The van der Waals surface area contributed by atoms with E-state index in [4.69, 9.17) is 10.5 Å². The Morgan fingerprint density at radius 3 is 2.59 bits per heavy atom. The fraction of sp³-hybridized carbons (Fsp3) is 0.438. The molecule has 1 aromatic heterocycles. The average molecular weight is 559 g/mol. The van der Waals surface area contributed by atoms with E-state index in [1.807, 2.05) is 41.0 Å². The molecule has 4 N–H and O–H groups in total. The number of aromatic nitrogens is 1. The summed E-state index contributed by atoms with van der Waals surface area (Å²) in [6, 6.07) is 13.7. The second-order valence-corrected chi connectivity index (χ2v) is 12.0. The van der Waals surface area contributed by atoms with Crippen LogP contribution in [0.25, 0.3) is 22.0 Å². The van der Waals surface area contributed by atoms with Crippen LogP contribution in [0, 0.1) is 5.41 Å². The van der Waals surface area contributed by atoms with Crippen LogP contribution in [0.1, 0.15) is 79.6 Å². The van der Waals surface area contributed by atoms with E-state index >= 15 is 0 Å². The van der Waals surface area contributed by atoms with E-state index < -0.39 is 12.0 Å². The number of hydrogen-bond donors (Lipinski definition) is 3. The molecule has 0 spiro atoms. The van der Waals surface area contributed by atoms with Crippen molar-refractivity contribution in [1.29, 1.82) is 0 Å². The van der Waals surface area contributed by atoms with Crippen LogP contribution in [-0.4, -0.2) is 47.5 Å². The number of ether oxygens (including phenoxy) is 1. The molecule has 9 nitrogen and oxygen atoms in total. The Morgan fingerprint density at radius 1 is 1.10 bits per heavy atom. The van der Waals surface area contributed by atoms with Gasteiger partial charge in [0.2, 0.25) is 5.91 Å². The Morgan fingerprint density at radius 2 is 1.85 bits per heavy atom. The minimum Gasteiger partial charge on any atom is -0.446 e. The molecule has 0 bridgehead atoms. The second-order valence-electron chi connectivity index (χ2n) is 12.0. The van der Waals surface area contributed by atoms with Gasteiger partial charge in [0.25, 0.3) is 5.91 Å². The van der Waals surface area contributed by atoms with Gasteiger partial charge < -0.3 is 25.9 Å². The number of rotatable bonds is 9. The van der Waals surface area contributed by atoms with Crippen LogP contribution in [0.4, 0.5) is 10.5 Å². The third-order valence-corrected chi connectivity index (χ3v) is 8.15. The minimum atomic E-state index is -0.512. The number of hydrogen-bond acceptors (Lipinski definition) is 6. The van der Waals surface area contributed by atoms with Gasteiger partial charge in [0, 0.05) is 47.8 Å². The maximum absolute atomic E-state index is 13.2. The number of alkyl carbamates (subject to hydrolysis) is 1. The molecule has 0 unspecified atom stereocenters. The zero-order valence-electron chi connectivity index (χ0n) is 23.7. The van der Waals surface area contributed by atoms with Crippen LogP contribution in [0.5, 0.6) is 0 Å². The number of nitrogens with zero attached hydrogens (tertiary/aromatic N) is 1. The molecule has 2 heterocycles. The lowest BCUT2D eigenvalue weighted by Crippen LogP contribution is -2.35. The number of amides is 2. The molecule has 3 aromatic rings. The number of fused-ring (bicyclic) bond motifs is 3. The van der Waals surface area contributed by atoms with Gasteiger partial charge in [0.05, 0.1) is 11.1 Å². The maximum atomic E-state index is 13.2. The third kappa shape index (κ3) is 6.14. The fourth-order valence-electron chi connectivity index (χ4n) is 6.22. The highest BCUT2D eigenvalue weighted by molar-refractivity contribution is 6.06. The number of nitrogens with two attached hydrogens (primary N) is 1. The van der Waals surface area contributed by atoms with Crippen molar-refractivity contribution in [3.05, 3.63) is 53.7 Å². The normalized spacial score (nSPS) is 19.8. The molecule has 1 saturated carbocycles. The molecule has 1 aliphatic carbocycles. The third-order valence-electron chi connectivity index (χ3n) is 8.15. The number of aldehydes is 1. The lowest BCUT2D eigenvalue weighted by molar-refractivity contribution is -0.107. The van der Waals surface area contributed by atoms with Gasteiger partial charge >= 0.3 is 6.09 Å². The Kier molecular flexibility index (Phi) is 8.15. The highest BCUT2D eigenvalue weighted by atomic mass is 16.6. The van der Waals surface area contributed by atoms with Gasteiger partial charge in [-0.2, -0.15) is 0 Å². The van der Waals surface area contributed by atoms with E-state index in [-0.39, 0.29) is 23.5 Å². The summed E-state index contributed by atoms with van der Waals surface area (Å²) in [7, 11) is 0. The summed E-state index contributed by atoms with van der Waals surface area (Å²) in [6.07, 6.45) is 5.35. The summed E-state index contributed by atoms with van der Waals surface area (Å²) in [5.41, 5.74) is 10.5. The Bertz CT molecular complexity index is 1480. The lowest BCUT2D eigenvalue weighted by Gasteiger charge is -2.31. The van der Waals surface area contributed by atoms with Crippen LogP contribution < -0.4 is 16.4 Å². The smallest absolute Gasteiger partial charge is 0.407 e. The molecule has 0 radical (unpaired) electrons. The van der Waals surface area contributed by atoms with Gasteiger partial charge in [-0.1, -0.05) is 38.1 Å². The predicted molar refractivity (Wildman–Crippen MR) is 158 cm³/mol. The number of carbonyl (C=O) groups is 4. The first kappa shape index (κ1) is 28.4. The van der Waals surface area contributed by atoms with Crippen LogP contribution in [0.2, 0.25) is 0 Å². The monoisotopic (exact) mass is 558 g/mol. The number of anilines is 1. The first-order valence-corrected chi connectivity index (χ1v) is 14.4. The van der Waals surface area contributed by atoms with Crippen molar-refractivity contribution in [2.45, 2.75) is 77.4 Å². The quantitative estimate of drug-likeness (QED) is 0.236. The SMILES string of the molecule is CC1(C)CC(=O)n2c(c(-c3ccc(C(N)=O)c(N[C@H]4CC[C@H](OC(=O)NCCCC=O)CC4)c3)c3ccccc32)C1. The molecule has 2 amide bonds. The van der Waals surface area contributed by atoms with Gasteiger partial charge in [-0.15, -0.1) is 0 Å². The Labute approximate surface area is 239 Å². The molecule has 1 fully saturated rings. The predicted octanol–water partition coefficient (Wildman–Crippen LogP) is 5.45. The van der Waals surface area contributed by atoms with E-state index in [0.717, 1.165) is 53.3 Å². The molecule has 41 heavy (non-hydrogen) atoms. The number of nitrogens with one attached hydrogen (secondary N) is 2. The molecule has 5 rings (SSSR count).